The van der Waals surface area contributed by atoms with Gasteiger partial charge in [-0.3, -0.25) is 9.69 Å². The third kappa shape index (κ3) is 4.52. The van der Waals surface area contributed by atoms with E-state index in [1.54, 1.807) is 30.2 Å². The van der Waals surface area contributed by atoms with Crippen LogP contribution in [0.25, 0.3) is 0 Å². The van der Waals surface area contributed by atoms with Gasteiger partial charge in [0.2, 0.25) is 0 Å². The van der Waals surface area contributed by atoms with Crippen LogP contribution in [0.4, 0.5) is 5.69 Å². The average molecular weight is 488 g/mol. The highest BCUT2D eigenvalue weighted by Crippen LogP contribution is 2.44. The standard InChI is InChI=1S/C28H25NO5S/c1-19-8-14-23(15-9-19)35(31)24-16-17-33-26(24)25-27(34-18-20-6-4-3-5-7-20)28(30)29(25)21-10-12-22(32-2)13-11-21/h3-17,25,27H,18H2,1-2H3/t25-,27+,35?/m1/s1. The van der Waals surface area contributed by atoms with Gasteiger partial charge in [0.15, 0.2) is 6.10 Å². The van der Waals surface area contributed by atoms with Gasteiger partial charge in [0.1, 0.15) is 17.6 Å². The molecule has 7 heteroatoms. The molecule has 2 heterocycles. The molecule has 1 aromatic heterocycles. The molecule has 0 saturated carbocycles. The summed E-state index contributed by atoms with van der Waals surface area (Å²) < 4.78 is 30.7. The van der Waals surface area contributed by atoms with Gasteiger partial charge >= 0.3 is 0 Å². The lowest BCUT2D eigenvalue weighted by atomic mass is 9.94. The maximum absolute atomic E-state index is 13.5. The Bertz CT molecular complexity index is 1330. The lowest BCUT2D eigenvalue weighted by Gasteiger charge is -2.45. The molecule has 3 aromatic carbocycles. The zero-order valence-corrected chi connectivity index (χ0v) is 20.2. The molecule has 6 nitrogen and oxygen atoms in total. The Kier molecular flexibility index (Phi) is 6.53. The van der Waals surface area contributed by atoms with E-state index in [1.165, 1.54) is 6.26 Å². The number of furan rings is 1. The van der Waals surface area contributed by atoms with Crippen molar-refractivity contribution in [3.05, 3.63) is 108 Å². The molecule has 0 N–H and O–H groups in total. The van der Waals surface area contributed by atoms with Gasteiger partial charge in [0, 0.05) is 10.6 Å². The average Bonchev–Trinajstić information content (AvgIpc) is 3.37. The Morgan fingerprint density at radius 3 is 2.34 bits per heavy atom. The SMILES string of the molecule is COc1ccc(N2C(=O)[C@@H](OCc3ccccc3)[C@H]2c2occc2S(=O)c2ccc(C)cc2)cc1. The largest absolute Gasteiger partial charge is 0.497 e. The lowest BCUT2D eigenvalue weighted by Crippen LogP contribution is -2.60. The first-order chi connectivity index (χ1) is 17.1. The van der Waals surface area contributed by atoms with E-state index >= 15 is 0 Å². The molecule has 1 saturated heterocycles. The summed E-state index contributed by atoms with van der Waals surface area (Å²) in [7, 11) is 0.119. The van der Waals surface area contributed by atoms with E-state index in [9.17, 15) is 9.00 Å². The van der Waals surface area contributed by atoms with Gasteiger partial charge in [-0.05, 0) is 55.0 Å². The van der Waals surface area contributed by atoms with Crippen LogP contribution in [0.15, 0.2) is 105 Å². The number of hydrogen-bond donors (Lipinski definition) is 0. The van der Waals surface area contributed by atoms with Crippen molar-refractivity contribution in [2.24, 2.45) is 0 Å². The third-order valence-corrected chi connectivity index (χ3v) is 7.47. The predicted octanol–water partition coefficient (Wildman–Crippen LogP) is 5.44. The van der Waals surface area contributed by atoms with Crippen molar-refractivity contribution in [2.45, 2.75) is 35.5 Å². The van der Waals surface area contributed by atoms with Gasteiger partial charge < -0.3 is 13.9 Å². The lowest BCUT2D eigenvalue weighted by molar-refractivity contribution is -0.144. The number of carbonyl (C=O) groups excluding carboxylic acids is 1. The normalized spacial score (nSPS) is 18.2. The topological polar surface area (TPSA) is 69.0 Å². The minimum Gasteiger partial charge on any atom is -0.497 e. The molecule has 1 aliphatic heterocycles. The highest BCUT2D eigenvalue weighted by atomic mass is 32.2. The van der Waals surface area contributed by atoms with Gasteiger partial charge in [0.05, 0.1) is 35.7 Å². The molecule has 35 heavy (non-hydrogen) atoms. The minimum absolute atomic E-state index is 0.181. The highest BCUT2D eigenvalue weighted by molar-refractivity contribution is 7.85. The van der Waals surface area contributed by atoms with Crippen LogP contribution < -0.4 is 9.64 Å². The summed E-state index contributed by atoms with van der Waals surface area (Å²) in [6.07, 6.45) is 0.747. The van der Waals surface area contributed by atoms with E-state index in [0.717, 1.165) is 11.1 Å². The van der Waals surface area contributed by atoms with E-state index in [-0.39, 0.29) is 12.5 Å². The molecule has 4 aromatic rings. The maximum Gasteiger partial charge on any atom is 0.259 e. The van der Waals surface area contributed by atoms with E-state index in [1.807, 2.05) is 73.7 Å². The molecular weight excluding hydrogens is 462 g/mol. The monoisotopic (exact) mass is 487 g/mol. The second-order valence-electron chi connectivity index (χ2n) is 8.30. The van der Waals surface area contributed by atoms with Crippen molar-refractivity contribution in [1.29, 1.82) is 0 Å². The van der Waals surface area contributed by atoms with E-state index in [4.69, 9.17) is 13.9 Å². The van der Waals surface area contributed by atoms with Gasteiger partial charge in [-0.15, -0.1) is 0 Å². The fourth-order valence-corrected chi connectivity index (χ4v) is 5.31. The minimum atomic E-state index is -1.47. The fraction of sp³-hybridized carbons (Fsp3) is 0.179. The summed E-state index contributed by atoms with van der Waals surface area (Å²) in [5.41, 5.74) is 2.73. The Hall–Kier alpha value is -3.68. The first kappa shape index (κ1) is 23.1. The van der Waals surface area contributed by atoms with Gasteiger partial charge in [-0.25, -0.2) is 4.21 Å². The number of methoxy groups -OCH3 is 1. The Morgan fingerprint density at radius 2 is 1.66 bits per heavy atom. The zero-order chi connectivity index (χ0) is 24.4. The Balaban J connectivity index is 1.48. The number of rotatable bonds is 8. The van der Waals surface area contributed by atoms with Crippen LogP contribution in [-0.2, 0) is 26.9 Å². The predicted molar refractivity (Wildman–Crippen MR) is 133 cm³/mol. The second-order valence-corrected chi connectivity index (χ2v) is 9.75. The fourth-order valence-electron chi connectivity index (χ4n) is 4.14. The molecule has 1 aliphatic rings. The van der Waals surface area contributed by atoms with Crippen LogP contribution in [0.3, 0.4) is 0 Å². The molecule has 178 valence electrons. The van der Waals surface area contributed by atoms with Crippen LogP contribution in [0.5, 0.6) is 5.75 Å². The smallest absolute Gasteiger partial charge is 0.259 e. The number of benzene rings is 3. The molecule has 0 spiro atoms. The summed E-state index contributed by atoms with van der Waals surface area (Å²) in [4.78, 5) is 16.1. The number of ether oxygens (including phenoxy) is 2. The molecule has 0 bridgehead atoms. The number of hydrogen-bond acceptors (Lipinski definition) is 5. The number of anilines is 1. The second kappa shape index (κ2) is 9.90. The van der Waals surface area contributed by atoms with Gasteiger partial charge in [-0.2, -0.15) is 0 Å². The van der Waals surface area contributed by atoms with Crippen LogP contribution in [0, 0.1) is 6.92 Å². The zero-order valence-electron chi connectivity index (χ0n) is 19.4. The number of amides is 1. The third-order valence-electron chi connectivity index (χ3n) is 6.03. The van der Waals surface area contributed by atoms with Gasteiger partial charge in [-0.1, -0.05) is 48.0 Å². The van der Waals surface area contributed by atoms with E-state index in [2.05, 4.69) is 0 Å². The Labute approximate surface area is 206 Å². The van der Waals surface area contributed by atoms with Crippen molar-refractivity contribution < 1.29 is 22.9 Å². The Morgan fingerprint density at radius 1 is 0.943 bits per heavy atom. The van der Waals surface area contributed by atoms with E-state index < -0.39 is 22.9 Å². The van der Waals surface area contributed by atoms with Crippen LogP contribution in [0.1, 0.15) is 22.9 Å². The number of β-lactam (4-membered cyclic amide) rings is 1. The summed E-state index contributed by atoms with van der Waals surface area (Å²) in [6.45, 7) is 2.26. The molecule has 5 rings (SSSR count). The highest BCUT2D eigenvalue weighted by Gasteiger charge is 2.53. The molecular formula is C28H25NO5S. The van der Waals surface area contributed by atoms with Crippen molar-refractivity contribution in [1.82, 2.24) is 0 Å². The first-order valence-electron chi connectivity index (χ1n) is 11.3. The molecule has 1 fully saturated rings. The first-order valence-corrected chi connectivity index (χ1v) is 12.4. The quantitative estimate of drug-likeness (QED) is 0.310. The van der Waals surface area contributed by atoms with Crippen molar-refractivity contribution in [2.75, 3.05) is 12.0 Å². The van der Waals surface area contributed by atoms with Crippen molar-refractivity contribution in [3.63, 3.8) is 0 Å². The summed E-state index contributed by atoms with van der Waals surface area (Å²) in [6, 6.07) is 25.6. The number of aryl methyl sites for hydroxylation is 1. The number of carbonyl (C=O) groups is 1. The van der Waals surface area contributed by atoms with Crippen LogP contribution >= 0.6 is 0 Å². The molecule has 1 amide bonds. The van der Waals surface area contributed by atoms with Crippen LogP contribution in [-0.4, -0.2) is 23.3 Å². The molecule has 0 radical (unpaired) electrons. The molecule has 1 unspecified atom stereocenters. The van der Waals surface area contributed by atoms with Crippen LogP contribution in [0.2, 0.25) is 0 Å². The molecule has 3 atom stereocenters. The summed E-state index contributed by atoms with van der Waals surface area (Å²) in [5.74, 6) is 0.964. The maximum atomic E-state index is 13.5. The number of nitrogens with zero attached hydrogens (tertiary/aromatic N) is 1. The molecule has 0 aliphatic carbocycles. The van der Waals surface area contributed by atoms with Crippen molar-refractivity contribution >= 4 is 22.4 Å². The van der Waals surface area contributed by atoms with E-state index in [0.29, 0.717) is 27.0 Å². The van der Waals surface area contributed by atoms with Gasteiger partial charge in [0.25, 0.3) is 5.91 Å². The summed E-state index contributed by atoms with van der Waals surface area (Å²) in [5, 5.41) is 0. The summed E-state index contributed by atoms with van der Waals surface area (Å²) >= 11 is 0. The van der Waals surface area contributed by atoms with Crippen molar-refractivity contribution in [3.8, 4) is 5.75 Å².